The number of aromatic nitrogens is 2. The van der Waals surface area contributed by atoms with E-state index in [-0.39, 0.29) is 12.4 Å². The molecule has 1 heterocycles. The summed E-state index contributed by atoms with van der Waals surface area (Å²) in [7, 11) is 0. The van der Waals surface area contributed by atoms with Crippen LogP contribution in [0, 0.1) is 6.08 Å². The highest BCUT2D eigenvalue weighted by molar-refractivity contribution is 5.83. The minimum Gasteiger partial charge on any atom is -0.444 e. The van der Waals surface area contributed by atoms with Crippen LogP contribution in [0.3, 0.4) is 0 Å². The molecule has 0 atom stereocenters. The molecular weight excluding hydrogens is 237 g/mol. The highest BCUT2D eigenvalue weighted by Crippen LogP contribution is 2.04. The van der Waals surface area contributed by atoms with Gasteiger partial charge in [-0.25, -0.2) is 9.78 Å². The summed E-state index contributed by atoms with van der Waals surface area (Å²) in [4.78, 5) is 18.0. The van der Waals surface area contributed by atoms with Crippen molar-refractivity contribution in [1.82, 2.24) is 9.97 Å². The van der Waals surface area contributed by atoms with Gasteiger partial charge in [-0.05, 0) is 11.6 Å². The number of benzene rings is 1. The quantitative estimate of drug-likeness (QED) is 0.845. The van der Waals surface area contributed by atoms with Crippen LogP contribution in [0.15, 0.2) is 42.6 Å². The van der Waals surface area contributed by atoms with Crippen LogP contribution >= 0.6 is 0 Å². The van der Waals surface area contributed by atoms with Gasteiger partial charge in [0.2, 0.25) is 0 Å². The smallest absolute Gasteiger partial charge is 0.413 e. The Hall–Kier alpha value is -2.50. The molecule has 1 aromatic carbocycles. The van der Waals surface area contributed by atoms with Gasteiger partial charge < -0.3 is 4.74 Å². The summed E-state index contributed by atoms with van der Waals surface area (Å²) in [6.45, 7) is 0.139. The normalized spacial score (nSPS) is 9.83. The second kappa shape index (κ2) is 5.72. The Balaban J connectivity index is 1.86. The molecule has 0 bridgehead atoms. The van der Waals surface area contributed by atoms with Crippen LogP contribution in [-0.4, -0.2) is 16.1 Å². The number of hydrogen-bond acceptors (Lipinski definition) is 4. The van der Waals surface area contributed by atoms with Crippen molar-refractivity contribution in [3.8, 4) is 0 Å². The Kier molecular flexibility index (Phi) is 3.80. The van der Waals surface area contributed by atoms with E-state index in [4.69, 9.17) is 4.74 Å². The average Bonchev–Trinajstić information content (AvgIpc) is 2.38. The molecule has 0 aliphatic heterocycles. The van der Waals surface area contributed by atoms with E-state index >= 15 is 0 Å². The third-order valence-corrected chi connectivity index (χ3v) is 2.07. The Morgan fingerprint density at radius 2 is 2.06 bits per heavy atom. The van der Waals surface area contributed by atoms with Crippen LogP contribution in [0.25, 0.3) is 0 Å². The van der Waals surface area contributed by atoms with E-state index in [9.17, 15) is 9.18 Å². The van der Waals surface area contributed by atoms with Crippen molar-refractivity contribution in [2.24, 2.45) is 0 Å². The molecule has 2 rings (SSSR count). The van der Waals surface area contributed by atoms with Crippen molar-refractivity contribution >= 4 is 11.9 Å². The molecule has 1 amide bonds. The van der Waals surface area contributed by atoms with Gasteiger partial charge in [0.1, 0.15) is 12.4 Å². The number of rotatable bonds is 3. The summed E-state index contributed by atoms with van der Waals surface area (Å²) in [6.07, 6.45) is -0.400. The SMILES string of the molecule is O=C(Nc1ccnc(F)n1)OCc1ccccc1. The van der Waals surface area contributed by atoms with Crippen molar-refractivity contribution in [2.45, 2.75) is 6.61 Å². The molecule has 1 aromatic heterocycles. The Morgan fingerprint density at radius 3 is 2.78 bits per heavy atom. The molecular formula is C12H10FN3O2. The number of carbonyl (C=O) groups is 1. The largest absolute Gasteiger partial charge is 0.444 e. The van der Waals surface area contributed by atoms with Crippen LogP contribution in [-0.2, 0) is 11.3 Å². The molecule has 0 saturated carbocycles. The number of nitrogens with zero attached hydrogens (tertiary/aromatic N) is 2. The molecule has 1 N–H and O–H groups in total. The lowest BCUT2D eigenvalue weighted by molar-refractivity contribution is 0.155. The van der Waals surface area contributed by atoms with E-state index in [2.05, 4.69) is 15.3 Å². The van der Waals surface area contributed by atoms with Crippen molar-refractivity contribution in [1.29, 1.82) is 0 Å². The monoisotopic (exact) mass is 247 g/mol. The van der Waals surface area contributed by atoms with Crippen molar-refractivity contribution < 1.29 is 13.9 Å². The highest BCUT2D eigenvalue weighted by atomic mass is 19.1. The number of nitrogens with one attached hydrogen (secondary N) is 1. The molecule has 0 aliphatic rings. The summed E-state index contributed by atoms with van der Waals surface area (Å²) in [5.74, 6) is 0.0561. The predicted octanol–water partition coefficient (Wildman–Crippen LogP) is 2.36. The Morgan fingerprint density at radius 1 is 1.28 bits per heavy atom. The summed E-state index contributed by atoms with van der Waals surface area (Å²) >= 11 is 0. The lowest BCUT2D eigenvalue weighted by Crippen LogP contribution is -2.14. The van der Waals surface area contributed by atoms with Gasteiger partial charge in [-0.2, -0.15) is 9.37 Å². The number of ether oxygens (including phenoxy) is 1. The fourth-order valence-corrected chi connectivity index (χ4v) is 1.27. The van der Waals surface area contributed by atoms with E-state index in [0.717, 1.165) is 5.56 Å². The van der Waals surface area contributed by atoms with Gasteiger partial charge in [0.05, 0.1) is 0 Å². The summed E-state index contributed by atoms with van der Waals surface area (Å²) in [5.41, 5.74) is 0.863. The zero-order valence-electron chi connectivity index (χ0n) is 9.34. The molecule has 5 nitrogen and oxygen atoms in total. The molecule has 0 fully saturated rings. The second-order valence-electron chi connectivity index (χ2n) is 3.40. The molecule has 0 unspecified atom stereocenters. The van der Waals surface area contributed by atoms with Crippen molar-refractivity contribution in [3.63, 3.8) is 0 Å². The Labute approximate surface area is 103 Å². The van der Waals surface area contributed by atoms with Gasteiger partial charge in [0, 0.05) is 6.20 Å². The van der Waals surface area contributed by atoms with Gasteiger partial charge in [-0.15, -0.1) is 0 Å². The first-order valence-electron chi connectivity index (χ1n) is 5.20. The van der Waals surface area contributed by atoms with Gasteiger partial charge in [0.25, 0.3) is 0 Å². The van der Waals surface area contributed by atoms with E-state index in [0.29, 0.717) is 0 Å². The van der Waals surface area contributed by atoms with Crippen LogP contribution < -0.4 is 5.32 Å². The van der Waals surface area contributed by atoms with Gasteiger partial charge in [-0.1, -0.05) is 30.3 Å². The van der Waals surface area contributed by atoms with Crippen LogP contribution in [0.1, 0.15) is 5.56 Å². The molecule has 0 aliphatic carbocycles. The number of anilines is 1. The van der Waals surface area contributed by atoms with Crippen molar-refractivity contribution in [2.75, 3.05) is 5.32 Å². The minimum absolute atomic E-state index is 0.0561. The van der Waals surface area contributed by atoms with Gasteiger partial charge in [-0.3, -0.25) is 5.32 Å². The van der Waals surface area contributed by atoms with Crippen molar-refractivity contribution in [3.05, 3.63) is 54.2 Å². The first kappa shape index (κ1) is 12.0. The molecule has 18 heavy (non-hydrogen) atoms. The van der Waals surface area contributed by atoms with E-state index in [1.807, 2.05) is 30.3 Å². The van der Waals surface area contributed by atoms with Gasteiger partial charge in [0.15, 0.2) is 0 Å². The van der Waals surface area contributed by atoms with Crippen LogP contribution in [0.5, 0.6) is 0 Å². The number of hydrogen-bond donors (Lipinski definition) is 1. The van der Waals surface area contributed by atoms with Crippen LogP contribution in [0.2, 0.25) is 0 Å². The van der Waals surface area contributed by atoms with E-state index in [1.165, 1.54) is 12.3 Å². The fraction of sp³-hybridized carbons (Fsp3) is 0.0833. The standard InChI is InChI=1S/C12H10FN3O2/c13-11-14-7-6-10(15-11)16-12(17)18-8-9-4-2-1-3-5-9/h1-7H,8H2,(H,14,15,16,17). The topological polar surface area (TPSA) is 64.1 Å². The molecule has 0 saturated heterocycles. The number of halogens is 1. The van der Waals surface area contributed by atoms with Gasteiger partial charge >= 0.3 is 12.2 Å². The summed E-state index contributed by atoms with van der Waals surface area (Å²) < 4.78 is 17.6. The molecule has 2 aromatic rings. The number of amides is 1. The first-order valence-corrected chi connectivity index (χ1v) is 5.20. The second-order valence-corrected chi connectivity index (χ2v) is 3.40. The maximum absolute atomic E-state index is 12.7. The summed E-state index contributed by atoms with van der Waals surface area (Å²) in [5, 5.41) is 2.30. The predicted molar refractivity (Wildman–Crippen MR) is 62.2 cm³/mol. The zero-order valence-corrected chi connectivity index (χ0v) is 9.34. The molecule has 0 radical (unpaired) electrons. The van der Waals surface area contributed by atoms with Crippen LogP contribution in [0.4, 0.5) is 15.0 Å². The molecule has 6 heteroatoms. The number of carbonyl (C=O) groups excluding carboxylic acids is 1. The summed E-state index contributed by atoms with van der Waals surface area (Å²) in [6, 6.07) is 10.6. The lowest BCUT2D eigenvalue weighted by Gasteiger charge is -2.05. The van der Waals surface area contributed by atoms with E-state index in [1.54, 1.807) is 0 Å². The minimum atomic E-state index is -0.907. The third kappa shape index (κ3) is 3.51. The van der Waals surface area contributed by atoms with E-state index < -0.39 is 12.2 Å². The molecule has 92 valence electrons. The lowest BCUT2D eigenvalue weighted by atomic mass is 10.2. The molecule has 0 spiro atoms. The Bertz CT molecular complexity index is 534. The fourth-order valence-electron chi connectivity index (χ4n) is 1.27. The third-order valence-electron chi connectivity index (χ3n) is 2.07. The zero-order chi connectivity index (χ0) is 12.8. The highest BCUT2D eigenvalue weighted by Gasteiger charge is 2.05. The average molecular weight is 247 g/mol. The maximum atomic E-state index is 12.7. The maximum Gasteiger partial charge on any atom is 0.413 e. The first-order chi connectivity index (χ1) is 8.74.